The molecule has 0 saturated carbocycles. The van der Waals surface area contributed by atoms with Gasteiger partial charge >= 0.3 is 11.6 Å². The Morgan fingerprint density at radius 2 is 1.94 bits per heavy atom. The van der Waals surface area contributed by atoms with Gasteiger partial charge in [0.25, 0.3) is 0 Å². The molecule has 8 nitrogen and oxygen atoms in total. The molecule has 0 radical (unpaired) electrons. The third kappa shape index (κ3) is 3.06. The number of ether oxygens (including phenoxy) is 5. The molecular formula is C23H20O8. The molecule has 31 heavy (non-hydrogen) atoms. The molecule has 0 spiro atoms. The topological polar surface area (TPSA) is 93.4 Å². The summed E-state index contributed by atoms with van der Waals surface area (Å²) in [5, 5.41) is 0.610. The first-order chi connectivity index (χ1) is 15.1. The number of fused-ring (bicyclic) bond motifs is 4. The van der Waals surface area contributed by atoms with E-state index in [9.17, 15) is 9.59 Å². The molecule has 0 unspecified atom stereocenters. The van der Waals surface area contributed by atoms with Gasteiger partial charge in [-0.1, -0.05) is 12.1 Å². The zero-order chi connectivity index (χ0) is 21.5. The van der Waals surface area contributed by atoms with Crippen LogP contribution in [0.25, 0.3) is 11.0 Å². The fourth-order valence-corrected chi connectivity index (χ4v) is 4.10. The van der Waals surface area contributed by atoms with Gasteiger partial charge in [-0.3, -0.25) is 0 Å². The number of hydrogen-bond donors (Lipinski definition) is 0. The van der Waals surface area contributed by atoms with Gasteiger partial charge in [0, 0.05) is 0 Å². The maximum atomic E-state index is 13.0. The van der Waals surface area contributed by atoms with Gasteiger partial charge in [-0.05, 0) is 36.8 Å². The highest BCUT2D eigenvalue weighted by atomic mass is 16.6. The molecule has 1 aromatic heterocycles. The van der Waals surface area contributed by atoms with E-state index in [1.165, 1.54) is 7.11 Å². The molecule has 3 aromatic rings. The van der Waals surface area contributed by atoms with E-state index < -0.39 is 23.6 Å². The van der Waals surface area contributed by atoms with Crippen LogP contribution in [0.5, 0.6) is 23.0 Å². The molecule has 2 atom stereocenters. The van der Waals surface area contributed by atoms with Crippen molar-refractivity contribution >= 4 is 16.9 Å². The fraction of sp³-hybridized carbons (Fsp3) is 0.304. The van der Waals surface area contributed by atoms with E-state index in [4.69, 9.17) is 28.1 Å². The molecular weight excluding hydrogens is 404 g/mol. The number of carbonyl (C=O) groups excluding carboxylic acids is 1. The Labute approximate surface area is 177 Å². The van der Waals surface area contributed by atoms with Crippen LogP contribution in [0.2, 0.25) is 0 Å². The SMILES string of the molecule is CCOC(=O)[C@@H]1Oc2c(c(=O)oc3ccccc23)[C@H]1c1cc(OC)c2c(c1)OCCO2. The predicted octanol–water partition coefficient (Wildman–Crippen LogP) is 3.03. The number of para-hydroxylation sites is 1. The Morgan fingerprint density at radius 1 is 1.13 bits per heavy atom. The molecule has 8 heteroatoms. The smallest absolute Gasteiger partial charge is 0.348 e. The highest BCUT2D eigenvalue weighted by Gasteiger charge is 2.45. The maximum absolute atomic E-state index is 13.0. The van der Waals surface area contributed by atoms with Crippen LogP contribution in [0.3, 0.4) is 0 Å². The van der Waals surface area contributed by atoms with E-state index in [-0.39, 0.29) is 12.2 Å². The molecule has 0 saturated heterocycles. The summed E-state index contributed by atoms with van der Waals surface area (Å²) < 4.78 is 33.7. The fourth-order valence-electron chi connectivity index (χ4n) is 4.10. The highest BCUT2D eigenvalue weighted by molar-refractivity contribution is 5.88. The van der Waals surface area contributed by atoms with Gasteiger partial charge in [-0.15, -0.1) is 0 Å². The number of benzene rings is 2. The zero-order valence-electron chi connectivity index (χ0n) is 17.0. The average molecular weight is 424 g/mol. The largest absolute Gasteiger partial charge is 0.493 e. The van der Waals surface area contributed by atoms with Crippen molar-refractivity contribution in [1.29, 1.82) is 0 Å². The highest BCUT2D eigenvalue weighted by Crippen LogP contribution is 2.48. The van der Waals surface area contributed by atoms with Crippen molar-refractivity contribution in [3.8, 4) is 23.0 Å². The molecule has 2 aliphatic rings. The molecule has 2 aromatic carbocycles. The average Bonchev–Trinajstić information content (AvgIpc) is 3.20. The van der Waals surface area contributed by atoms with Crippen LogP contribution in [0.1, 0.15) is 24.0 Å². The van der Waals surface area contributed by atoms with Crippen LogP contribution in [-0.2, 0) is 9.53 Å². The molecule has 2 aliphatic heterocycles. The lowest BCUT2D eigenvalue weighted by molar-refractivity contribution is -0.151. The van der Waals surface area contributed by atoms with Crippen LogP contribution in [-0.4, -0.2) is 39.0 Å². The van der Waals surface area contributed by atoms with Crippen molar-refractivity contribution in [2.45, 2.75) is 18.9 Å². The lowest BCUT2D eigenvalue weighted by Crippen LogP contribution is -2.32. The summed E-state index contributed by atoms with van der Waals surface area (Å²) in [5.74, 6) is 0.384. The molecule has 0 fully saturated rings. The van der Waals surface area contributed by atoms with Crippen LogP contribution < -0.4 is 24.6 Å². The molecule has 160 valence electrons. The van der Waals surface area contributed by atoms with Crippen molar-refractivity contribution in [3.63, 3.8) is 0 Å². The monoisotopic (exact) mass is 424 g/mol. The summed E-state index contributed by atoms with van der Waals surface area (Å²) in [4.78, 5) is 25.8. The summed E-state index contributed by atoms with van der Waals surface area (Å²) in [5.41, 5.74) is 0.671. The lowest BCUT2D eigenvalue weighted by atomic mass is 9.88. The van der Waals surface area contributed by atoms with Gasteiger partial charge in [0.05, 0.1) is 30.6 Å². The Hall–Kier alpha value is -3.68. The Morgan fingerprint density at radius 3 is 2.74 bits per heavy atom. The predicted molar refractivity (Wildman–Crippen MR) is 109 cm³/mol. The summed E-state index contributed by atoms with van der Waals surface area (Å²) in [6, 6.07) is 10.5. The van der Waals surface area contributed by atoms with Crippen molar-refractivity contribution in [2.75, 3.05) is 26.9 Å². The second-order valence-electron chi connectivity index (χ2n) is 7.14. The summed E-state index contributed by atoms with van der Waals surface area (Å²) in [7, 11) is 1.52. The van der Waals surface area contributed by atoms with E-state index in [0.717, 1.165) is 0 Å². The minimum absolute atomic E-state index is 0.182. The van der Waals surface area contributed by atoms with E-state index in [2.05, 4.69) is 0 Å². The van der Waals surface area contributed by atoms with Crippen molar-refractivity contribution in [1.82, 2.24) is 0 Å². The zero-order valence-corrected chi connectivity index (χ0v) is 17.0. The first kappa shape index (κ1) is 19.3. The Balaban J connectivity index is 1.74. The van der Waals surface area contributed by atoms with Gasteiger partial charge in [0.2, 0.25) is 11.9 Å². The first-order valence-corrected chi connectivity index (χ1v) is 9.99. The third-order valence-corrected chi connectivity index (χ3v) is 5.39. The first-order valence-electron chi connectivity index (χ1n) is 9.99. The van der Waals surface area contributed by atoms with Crippen molar-refractivity contribution < 1.29 is 32.9 Å². The van der Waals surface area contributed by atoms with Crippen molar-refractivity contribution in [2.24, 2.45) is 0 Å². The number of esters is 1. The molecule has 3 heterocycles. The summed E-state index contributed by atoms with van der Waals surface area (Å²) in [6.45, 7) is 2.68. The maximum Gasteiger partial charge on any atom is 0.348 e. The number of rotatable bonds is 4. The normalized spacial score (nSPS) is 18.9. The van der Waals surface area contributed by atoms with E-state index in [1.807, 2.05) is 6.07 Å². The third-order valence-electron chi connectivity index (χ3n) is 5.39. The molecule has 5 rings (SSSR count). The molecule has 0 aliphatic carbocycles. The molecule has 0 bridgehead atoms. The molecule has 0 N–H and O–H groups in total. The second kappa shape index (κ2) is 7.54. The number of hydrogen-bond acceptors (Lipinski definition) is 8. The second-order valence-corrected chi connectivity index (χ2v) is 7.14. The van der Waals surface area contributed by atoms with Gasteiger partial charge < -0.3 is 28.1 Å². The summed E-state index contributed by atoms with van der Waals surface area (Å²) >= 11 is 0. The van der Waals surface area contributed by atoms with Gasteiger partial charge in [-0.2, -0.15) is 0 Å². The van der Waals surface area contributed by atoms with Gasteiger partial charge in [0.15, 0.2) is 11.5 Å². The standard InChI is InChI=1S/C23H20O8/c1-3-27-23(25)21-17(12-10-15(26-2)20-16(11-12)28-8-9-29-20)18-19(31-21)13-6-4-5-7-14(13)30-22(18)24/h4-7,10-11,17,21H,3,8-9H2,1-2H3/t17-,21-/m1/s1. The minimum atomic E-state index is -1.06. The minimum Gasteiger partial charge on any atom is -0.493 e. The Bertz CT molecular complexity index is 1210. The van der Waals surface area contributed by atoms with Gasteiger partial charge in [-0.25, -0.2) is 9.59 Å². The van der Waals surface area contributed by atoms with E-state index in [1.54, 1.807) is 37.3 Å². The Kier molecular flexibility index (Phi) is 4.69. The van der Waals surface area contributed by atoms with E-state index >= 15 is 0 Å². The quantitative estimate of drug-likeness (QED) is 0.466. The summed E-state index contributed by atoms with van der Waals surface area (Å²) in [6.07, 6.45) is -1.06. The number of methoxy groups -OCH3 is 1. The number of carbonyl (C=O) groups is 1. The van der Waals surface area contributed by atoms with Crippen molar-refractivity contribution in [3.05, 3.63) is 57.9 Å². The van der Waals surface area contributed by atoms with Crippen LogP contribution in [0.15, 0.2) is 45.6 Å². The van der Waals surface area contributed by atoms with Crippen LogP contribution >= 0.6 is 0 Å². The van der Waals surface area contributed by atoms with Crippen LogP contribution in [0, 0.1) is 0 Å². The van der Waals surface area contributed by atoms with Gasteiger partial charge in [0.1, 0.15) is 24.5 Å². The lowest BCUT2D eigenvalue weighted by Gasteiger charge is -2.24. The van der Waals surface area contributed by atoms with E-state index in [0.29, 0.717) is 52.7 Å². The molecule has 0 amide bonds. The van der Waals surface area contributed by atoms with Crippen LogP contribution in [0.4, 0.5) is 0 Å².